The molecule has 1 saturated carbocycles. The largest absolute Gasteiger partial charge is 0.395 e. The Labute approximate surface area is 114 Å². The summed E-state index contributed by atoms with van der Waals surface area (Å²) in [5.74, 6) is 0.205. The smallest absolute Gasteiger partial charge is 0.0924 e. The first-order valence-electron chi connectivity index (χ1n) is 6.97. The van der Waals surface area contributed by atoms with Gasteiger partial charge < -0.3 is 10.8 Å². The molecule has 104 valence electrons. The highest BCUT2D eigenvalue weighted by atomic mass is 16.3. The maximum Gasteiger partial charge on any atom is 0.0924 e. The van der Waals surface area contributed by atoms with E-state index >= 15 is 0 Å². The Morgan fingerprint density at radius 2 is 2.05 bits per heavy atom. The minimum Gasteiger partial charge on any atom is -0.395 e. The molecule has 1 atom stereocenters. The predicted octanol–water partition coefficient (Wildman–Crippen LogP) is 1.90. The lowest BCUT2D eigenvalue weighted by Crippen LogP contribution is -2.45. The third-order valence-electron chi connectivity index (χ3n) is 3.90. The molecule has 0 bridgehead atoms. The molecule has 1 aliphatic carbocycles. The topological polar surface area (TPSA) is 73.3 Å². The van der Waals surface area contributed by atoms with Crippen LogP contribution in [0.25, 0.3) is 0 Å². The molecule has 1 aromatic rings. The van der Waals surface area contributed by atoms with Gasteiger partial charge >= 0.3 is 0 Å². The van der Waals surface area contributed by atoms with E-state index in [0.29, 0.717) is 19.0 Å². The summed E-state index contributed by atoms with van der Waals surface area (Å²) in [5, 5.41) is 16.9. The SMILES string of the molecule is N=C(N)CC(c1ccccc1)N(CCO)C1CCC1. The van der Waals surface area contributed by atoms with Crippen molar-refractivity contribution in [1.82, 2.24) is 4.90 Å². The number of nitrogens with two attached hydrogens (primary N) is 1. The van der Waals surface area contributed by atoms with Gasteiger partial charge in [-0.15, -0.1) is 0 Å². The molecule has 4 heteroatoms. The molecule has 1 aromatic carbocycles. The Morgan fingerprint density at radius 3 is 2.53 bits per heavy atom. The zero-order chi connectivity index (χ0) is 13.7. The fourth-order valence-electron chi connectivity index (χ4n) is 2.74. The van der Waals surface area contributed by atoms with E-state index in [-0.39, 0.29) is 18.5 Å². The van der Waals surface area contributed by atoms with Crippen molar-refractivity contribution in [1.29, 1.82) is 5.41 Å². The van der Waals surface area contributed by atoms with Gasteiger partial charge in [0.05, 0.1) is 12.4 Å². The second-order valence-electron chi connectivity index (χ2n) is 5.20. The summed E-state index contributed by atoms with van der Waals surface area (Å²) < 4.78 is 0. The van der Waals surface area contributed by atoms with Crippen LogP contribution in [-0.4, -0.2) is 35.0 Å². The second-order valence-corrected chi connectivity index (χ2v) is 5.20. The Morgan fingerprint density at radius 1 is 1.37 bits per heavy atom. The first-order valence-corrected chi connectivity index (χ1v) is 6.97. The van der Waals surface area contributed by atoms with E-state index in [1.165, 1.54) is 24.8 Å². The monoisotopic (exact) mass is 261 g/mol. The molecule has 0 saturated heterocycles. The van der Waals surface area contributed by atoms with Gasteiger partial charge in [0.15, 0.2) is 0 Å². The number of nitrogens with one attached hydrogen (secondary N) is 1. The minimum atomic E-state index is 0.108. The average Bonchev–Trinajstić information content (AvgIpc) is 2.34. The van der Waals surface area contributed by atoms with Crippen LogP contribution >= 0.6 is 0 Å². The summed E-state index contributed by atoms with van der Waals surface area (Å²) in [5.41, 5.74) is 6.80. The van der Waals surface area contributed by atoms with Gasteiger partial charge in [-0.1, -0.05) is 36.8 Å². The van der Waals surface area contributed by atoms with Crippen LogP contribution in [0.15, 0.2) is 30.3 Å². The number of aliphatic hydroxyl groups excluding tert-OH is 1. The van der Waals surface area contributed by atoms with Crippen LogP contribution in [0.1, 0.15) is 37.3 Å². The molecule has 4 N–H and O–H groups in total. The molecule has 2 rings (SSSR count). The van der Waals surface area contributed by atoms with Gasteiger partial charge in [0.1, 0.15) is 0 Å². The molecule has 0 heterocycles. The summed E-state index contributed by atoms with van der Waals surface area (Å²) in [6, 6.07) is 10.8. The van der Waals surface area contributed by atoms with E-state index in [4.69, 9.17) is 11.1 Å². The van der Waals surface area contributed by atoms with Gasteiger partial charge in [-0.3, -0.25) is 10.3 Å². The van der Waals surface area contributed by atoms with Gasteiger partial charge in [-0.2, -0.15) is 0 Å². The van der Waals surface area contributed by atoms with Gasteiger partial charge in [0.25, 0.3) is 0 Å². The predicted molar refractivity (Wildman–Crippen MR) is 77.1 cm³/mol. The third-order valence-corrected chi connectivity index (χ3v) is 3.90. The van der Waals surface area contributed by atoms with Crippen molar-refractivity contribution >= 4 is 5.84 Å². The van der Waals surface area contributed by atoms with Gasteiger partial charge in [0.2, 0.25) is 0 Å². The lowest BCUT2D eigenvalue weighted by Gasteiger charge is -2.42. The normalized spacial score (nSPS) is 17.2. The van der Waals surface area contributed by atoms with Crippen molar-refractivity contribution in [2.24, 2.45) is 5.73 Å². The molecule has 1 aliphatic rings. The van der Waals surface area contributed by atoms with Crippen molar-refractivity contribution < 1.29 is 5.11 Å². The van der Waals surface area contributed by atoms with Crippen molar-refractivity contribution in [3.05, 3.63) is 35.9 Å². The zero-order valence-electron chi connectivity index (χ0n) is 11.3. The van der Waals surface area contributed by atoms with Gasteiger partial charge in [0, 0.05) is 25.0 Å². The van der Waals surface area contributed by atoms with Crippen LogP contribution < -0.4 is 5.73 Å². The molecule has 0 aliphatic heterocycles. The Balaban J connectivity index is 2.21. The number of benzene rings is 1. The molecule has 0 aromatic heterocycles. The van der Waals surface area contributed by atoms with Crippen molar-refractivity contribution in [2.45, 2.75) is 37.8 Å². The van der Waals surface area contributed by atoms with Crippen LogP contribution in [0, 0.1) is 5.41 Å². The van der Waals surface area contributed by atoms with Crippen molar-refractivity contribution in [3.8, 4) is 0 Å². The first kappa shape index (κ1) is 14.0. The minimum absolute atomic E-state index is 0.108. The van der Waals surface area contributed by atoms with Crippen LogP contribution in [-0.2, 0) is 0 Å². The maximum atomic E-state index is 9.31. The third kappa shape index (κ3) is 3.55. The highest BCUT2D eigenvalue weighted by Gasteiger charge is 2.31. The molecule has 4 nitrogen and oxygen atoms in total. The molecule has 0 radical (unpaired) electrons. The van der Waals surface area contributed by atoms with E-state index in [2.05, 4.69) is 17.0 Å². The zero-order valence-corrected chi connectivity index (χ0v) is 11.3. The van der Waals surface area contributed by atoms with Crippen LogP contribution in [0.5, 0.6) is 0 Å². The summed E-state index contributed by atoms with van der Waals surface area (Å²) in [7, 11) is 0. The fourth-order valence-corrected chi connectivity index (χ4v) is 2.74. The van der Waals surface area contributed by atoms with Crippen molar-refractivity contribution in [3.63, 3.8) is 0 Å². The van der Waals surface area contributed by atoms with E-state index in [0.717, 1.165) is 0 Å². The van der Waals surface area contributed by atoms with Crippen LogP contribution in [0.2, 0.25) is 0 Å². The highest BCUT2D eigenvalue weighted by Crippen LogP contribution is 2.33. The van der Waals surface area contributed by atoms with E-state index in [1.54, 1.807) is 0 Å². The quantitative estimate of drug-likeness (QED) is 0.518. The first-order chi connectivity index (χ1) is 9.22. The lowest BCUT2D eigenvalue weighted by molar-refractivity contribution is 0.0615. The second kappa shape index (κ2) is 6.68. The molecule has 0 amide bonds. The number of hydrogen-bond donors (Lipinski definition) is 3. The number of amidine groups is 1. The van der Waals surface area contributed by atoms with E-state index in [9.17, 15) is 5.11 Å². The maximum absolute atomic E-state index is 9.31. The molecule has 1 fully saturated rings. The number of aliphatic hydroxyl groups is 1. The fraction of sp³-hybridized carbons (Fsp3) is 0.533. The van der Waals surface area contributed by atoms with Crippen LogP contribution in [0.4, 0.5) is 0 Å². The number of hydrogen-bond acceptors (Lipinski definition) is 3. The Kier molecular flexibility index (Phi) is 4.93. The average molecular weight is 261 g/mol. The van der Waals surface area contributed by atoms with E-state index in [1.807, 2.05) is 18.2 Å². The summed E-state index contributed by atoms with van der Waals surface area (Å²) in [6.45, 7) is 0.801. The summed E-state index contributed by atoms with van der Waals surface area (Å²) in [4.78, 5) is 2.32. The van der Waals surface area contributed by atoms with Gasteiger partial charge in [-0.25, -0.2) is 0 Å². The molecular formula is C15H23N3O. The molecule has 0 spiro atoms. The summed E-state index contributed by atoms with van der Waals surface area (Å²) >= 11 is 0. The summed E-state index contributed by atoms with van der Waals surface area (Å²) in [6.07, 6.45) is 4.15. The molecular weight excluding hydrogens is 238 g/mol. The molecule has 1 unspecified atom stereocenters. The molecule has 19 heavy (non-hydrogen) atoms. The van der Waals surface area contributed by atoms with Crippen molar-refractivity contribution in [2.75, 3.05) is 13.2 Å². The Hall–Kier alpha value is -1.39. The van der Waals surface area contributed by atoms with Crippen LogP contribution in [0.3, 0.4) is 0 Å². The Bertz CT molecular complexity index is 403. The van der Waals surface area contributed by atoms with Gasteiger partial charge in [-0.05, 0) is 18.4 Å². The highest BCUT2D eigenvalue weighted by molar-refractivity contribution is 5.77. The lowest BCUT2D eigenvalue weighted by atomic mass is 9.88. The number of rotatable bonds is 7. The standard InChI is InChI=1S/C15H23N3O/c16-15(17)11-14(12-5-2-1-3-6-12)18(9-10-19)13-7-4-8-13/h1-3,5-6,13-14,19H,4,7-11H2,(H3,16,17). The number of nitrogens with zero attached hydrogens (tertiary/aromatic N) is 1. The van der Waals surface area contributed by atoms with E-state index < -0.39 is 0 Å².